The minimum absolute atomic E-state index is 0.0862. The van der Waals surface area contributed by atoms with Gasteiger partial charge in [-0.15, -0.1) is 0 Å². The topological polar surface area (TPSA) is 31.2 Å². The number of aromatic nitrogens is 1. The Hall–Kier alpha value is -1.47. The van der Waals surface area contributed by atoms with E-state index in [0.29, 0.717) is 4.47 Å². The highest BCUT2D eigenvalue weighted by atomic mass is 79.9. The Kier molecular flexibility index (Phi) is 5.06. The monoisotopic (exact) mass is 423 g/mol. The summed E-state index contributed by atoms with van der Waals surface area (Å²) in [5, 5.41) is 0.0957. The Balaban J connectivity index is 2.56. The van der Waals surface area contributed by atoms with E-state index in [2.05, 4.69) is 15.9 Å². The van der Waals surface area contributed by atoms with E-state index in [9.17, 15) is 18.0 Å². The van der Waals surface area contributed by atoms with Crippen molar-refractivity contribution in [3.8, 4) is 11.3 Å². The van der Waals surface area contributed by atoms with Crippen molar-refractivity contribution in [3.63, 3.8) is 0 Å². The van der Waals surface area contributed by atoms with Crippen LogP contribution in [0.4, 0.5) is 18.0 Å². The van der Waals surface area contributed by atoms with Gasteiger partial charge in [-0.1, -0.05) is 11.6 Å². The second kappa shape index (κ2) is 6.44. The fourth-order valence-corrected chi connectivity index (χ4v) is 2.63. The van der Waals surface area contributed by atoms with E-state index in [-0.39, 0.29) is 16.3 Å². The van der Waals surface area contributed by atoms with Crippen molar-refractivity contribution >= 4 is 33.6 Å². The molecule has 0 saturated carbocycles. The lowest BCUT2D eigenvalue weighted by Gasteiger charge is -2.20. The highest BCUT2D eigenvalue weighted by Gasteiger charge is 2.31. The molecule has 0 aliphatic heterocycles. The van der Waals surface area contributed by atoms with E-state index < -0.39 is 23.4 Å². The molecule has 0 unspecified atom stereocenters. The minimum atomic E-state index is -4.51. The van der Waals surface area contributed by atoms with Crippen molar-refractivity contribution in [2.24, 2.45) is 0 Å². The molecule has 0 saturated heterocycles. The van der Waals surface area contributed by atoms with Crippen molar-refractivity contribution in [1.29, 1.82) is 0 Å². The van der Waals surface area contributed by atoms with E-state index in [1.165, 1.54) is 12.3 Å². The molecule has 0 bridgehead atoms. The molecule has 1 aromatic heterocycles. The molecule has 0 amide bonds. The van der Waals surface area contributed by atoms with Crippen LogP contribution in [0.1, 0.15) is 26.3 Å². The van der Waals surface area contributed by atoms with Gasteiger partial charge in [0, 0.05) is 21.3 Å². The van der Waals surface area contributed by atoms with E-state index >= 15 is 0 Å². The number of nitrogens with zero attached hydrogens (tertiary/aromatic N) is 1. The van der Waals surface area contributed by atoms with E-state index in [0.717, 1.165) is 22.8 Å². The van der Waals surface area contributed by atoms with Crippen LogP contribution in [0.25, 0.3) is 11.3 Å². The summed E-state index contributed by atoms with van der Waals surface area (Å²) >= 11 is 9.27. The van der Waals surface area contributed by atoms with Crippen LogP contribution >= 0.6 is 27.5 Å². The molecule has 1 aromatic carbocycles. The summed E-state index contributed by atoms with van der Waals surface area (Å²) in [5.41, 5.74) is -1.31. The van der Waals surface area contributed by atoms with Gasteiger partial charge in [-0.05, 0) is 61.0 Å². The van der Waals surface area contributed by atoms with Gasteiger partial charge in [0.2, 0.25) is 0 Å². The van der Waals surface area contributed by atoms with Crippen LogP contribution in [0, 0.1) is 0 Å². The van der Waals surface area contributed by atoms with Gasteiger partial charge >= 0.3 is 12.3 Å². The van der Waals surface area contributed by atoms with E-state index in [1.807, 2.05) is 0 Å². The van der Waals surface area contributed by atoms with Crippen LogP contribution in [0.2, 0.25) is 5.02 Å². The zero-order valence-electron chi connectivity index (χ0n) is 13.0. The normalized spacial score (nSPS) is 12.3. The largest absolute Gasteiger partial charge is 0.443 e. The third-order valence-corrected chi connectivity index (χ3v) is 3.71. The Morgan fingerprint density at radius 3 is 2.38 bits per heavy atom. The molecule has 2 rings (SSSR count). The maximum absolute atomic E-state index is 13.0. The lowest BCUT2D eigenvalue weighted by Crippen LogP contribution is -2.27. The van der Waals surface area contributed by atoms with Gasteiger partial charge in [0.05, 0.1) is 11.3 Å². The molecule has 0 N–H and O–H groups in total. The van der Waals surface area contributed by atoms with Gasteiger partial charge in [-0.2, -0.15) is 13.2 Å². The third-order valence-electron chi connectivity index (χ3n) is 2.95. The van der Waals surface area contributed by atoms with Crippen molar-refractivity contribution in [1.82, 2.24) is 4.57 Å². The number of hydrogen-bond acceptors (Lipinski definition) is 2. The number of ether oxygens (including phenoxy) is 1. The molecule has 1 heterocycles. The Bertz CT molecular complexity index is 779. The number of carbonyl (C=O) groups is 1. The van der Waals surface area contributed by atoms with Crippen LogP contribution in [-0.2, 0) is 10.9 Å². The highest BCUT2D eigenvalue weighted by Crippen LogP contribution is 2.37. The van der Waals surface area contributed by atoms with Crippen LogP contribution in [0.5, 0.6) is 0 Å². The summed E-state index contributed by atoms with van der Waals surface area (Å²) in [7, 11) is 0. The molecule has 0 radical (unpaired) electrons. The SMILES string of the molecule is CC(C)(C)OC(=O)n1cc(Br)cc1-c1cc(C(F)(F)F)ccc1Cl. The molecular formula is C16H14BrClF3NO2. The average Bonchev–Trinajstić information content (AvgIpc) is 2.78. The van der Waals surface area contributed by atoms with Crippen molar-refractivity contribution in [2.75, 3.05) is 0 Å². The first-order chi connectivity index (χ1) is 10.9. The van der Waals surface area contributed by atoms with Gasteiger partial charge in [0.25, 0.3) is 0 Å². The first-order valence-corrected chi connectivity index (χ1v) is 8.04. The lowest BCUT2D eigenvalue weighted by molar-refractivity contribution is -0.137. The zero-order valence-corrected chi connectivity index (χ0v) is 15.4. The summed E-state index contributed by atoms with van der Waals surface area (Å²) in [6.07, 6.45) is -3.81. The summed E-state index contributed by atoms with van der Waals surface area (Å²) in [6, 6.07) is 4.46. The lowest BCUT2D eigenvalue weighted by atomic mass is 10.1. The molecular weight excluding hydrogens is 411 g/mol. The van der Waals surface area contributed by atoms with Crippen LogP contribution in [0.3, 0.4) is 0 Å². The molecule has 0 aliphatic carbocycles. The number of carbonyl (C=O) groups excluding carboxylic acids is 1. The van der Waals surface area contributed by atoms with Crippen molar-refractivity contribution < 1.29 is 22.7 Å². The van der Waals surface area contributed by atoms with Gasteiger partial charge in [0.15, 0.2) is 0 Å². The average molecular weight is 425 g/mol. The highest BCUT2D eigenvalue weighted by molar-refractivity contribution is 9.10. The molecule has 0 spiro atoms. The molecule has 130 valence electrons. The van der Waals surface area contributed by atoms with E-state index in [4.69, 9.17) is 16.3 Å². The third kappa shape index (κ3) is 4.33. The zero-order chi connectivity index (χ0) is 18.3. The number of rotatable bonds is 1. The van der Waals surface area contributed by atoms with Gasteiger partial charge in [-0.3, -0.25) is 4.57 Å². The van der Waals surface area contributed by atoms with E-state index in [1.54, 1.807) is 20.8 Å². The predicted octanol–water partition coefficient (Wildman–Crippen LogP) is 6.37. The minimum Gasteiger partial charge on any atom is -0.443 e. The number of alkyl halides is 3. The van der Waals surface area contributed by atoms with Crippen molar-refractivity contribution in [2.45, 2.75) is 32.5 Å². The smallest absolute Gasteiger partial charge is 0.419 e. The maximum atomic E-state index is 13.0. The Morgan fingerprint density at radius 2 is 1.83 bits per heavy atom. The van der Waals surface area contributed by atoms with Gasteiger partial charge < -0.3 is 4.74 Å². The second-order valence-corrected chi connectivity index (χ2v) is 7.41. The quantitative estimate of drug-likeness (QED) is 0.532. The first-order valence-electron chi connectivity index (χ1n) is 6.87. The summed E-state index contributed by atoms with van der Waals surface area (Å²) in [5.74, 6) is 0. The predicted molar refractivity (Wildman–Crippen MR) is 89.2 cm³/mol. The van der Waals surface area contributed by atoms with Gasteiger partial charge in [-0.25, -0.2) is 4.79 Å². The summed E-state index contributed by atoms with van der Waals surface area (Å²) in [6.45, 7) is 5.08. The standard InChI is InChI=1S/C16H14BrClF3NO2/c1-15(2,3)24-14(23)22-8-10(17)7-13(22)11-6-9(16(19,20)21)4-5-12(11)18/h4-8H,1-3H3. The molecule has 0 aliphatic rings. The molecule has 2 aromatic rings. The first kappa shape index (κ1) is 18.9. The van der Waals surface area contributed by atoms with Crippen LogP contribution in [-0.4, -0.2) is 16.3 Å². The van der Waals surface area contributed by atoms with Crippen molar-refractivity contribution in [3.05, 3.63) is 45.5 Å². The van der Waals surface area contributed by atoms with Crippen LogP contribution in [0.15, 0.2) is 34.9 Å². The Morgan fingerprint density at radius 1 is 1.21 bits per heavy atom. The number of halogens is 5. The summed E-state index contributed by atoms with van der Waals surface area (Å²) < 4.78 is 45.8. The fraction of sp³-hybridized carbons (Fsp3) is 0.312. The van der Waals surface area contributed by atoms with Gasteiger partial charge in [0.1, 0.15) is 5.60 Å². The molecule has 8 heteroatoms. The fourth-order valence-electron chi connectivity index (χ4n) is 2.00. The maximum Gasteiger partial charge on any atom is 0.419 e. The Labute approximate surface area is 150 Å². The van der Waals surface area contributed by atoms with Crippen LogP contribution < -0.4 is 0 Å². The molecule has 0 atom stereocenters. The summed E-state index contributed by atoms with van der Waals surface area (Å²) in [4.78, 5) is 12.3. The molecule has 24 heavy (non-hydrogen) atoms. The number of benzene rings is 1. The molecule has 0 fully saturated rings. The number of hydrogen-bond donors (Lipinski definition) is 0. The second-order valence-electron chi connectivity index (χ2n) is 6.09. The molecule has 3 nitrogen and oxygen atoms in total.